The van der Waals surface area contributed by atoms with Gasteiger partial charge in [-0.1, -0.05) is 187 Å². The largest absolute Gasteiger partial charge is 0.540 e. The molecule has 293 valence electrons. The fraction of sp³-hybridized carbons (Fsp3) is 0.0962. The van der Waals surface area contributed by atoms with E-state index >= 15 is 0 Å². The Morgan fingerprint density at radius 1 is 0.534 bits per heavy atom. The predicted octanol–water partition coefficient (Wildman–Crippen LogP) is 10.9. The molecule has 0 bridgehead atoms. The van der Waals surface area contributed by atoms with E-state index in [2.05, 4.69) is 136 Å². The maximum atomic E-state index is 14.9. The second-order valence-electron chi connectivity index (χ2n) is 14.7. The number of hydrogen-bond donors (Lipinski definition) is 0. The van der Waals surface area contributed by atoms with Gasteiger partial charge in [0.15, 0.2) is 7.14 Å². The zero-order chi connectivity index (χ0) is 39.7. The summed E-state index contributed by atoms with van der Waals surface area (Å²) in [5, 5.41) is 5.22. The van der Waals surface area contributed by atoms with Gasteiger partial charge in [0.05, 0.1) is 7.11 Å². The van der Waals surface area contributed by atoms with Gasteiger partial charge in [-0.15, -0.1) is 65.2 Å². The molecule has 1 heterocycles. The first-order chi connectivity index (χ1) is 27.7. The summed E-state index contributed by atoms with van der Waals surface area (Å²) >= 11 is 0. The minimum absolute atomic E-state index is 0. The average molecular weight is 975 g/mol. The summed E-state index contributed by atoms with van der Waals surface area (Å²) in [7, 11) is -0.639. The first-order valence-corrected chi connectivity index (χ1v) is 21.7. The van der Waals surface area contributed by atoms with E-state index in [-0.39, 0.29) is 27.8 Å². The number of aromatic nitrogens is 1. The van der Waals surface area contributed by atoms with E-state index in [1.165, 1.54) is 16.2 Å². The van der Waals surface area contributed by atoms with Crippen LogP contribution in [0.2, 0.25) is 0 Å². The van der Waals surface area contributed by atoms with Crippen molar-refractivity contribution in [3.05, 3.63) is 212 Å². The first kappa shape index (κ1) is 42.5. The molecule has 0 fully saturated rings. The standard InChI is InChI=1S/C40H34NO2P.C12H11P.Au/c1-40(2,3)33-21-15-30(16-22-33)38-27-32(28-39(41-38)31-17-23-34(43-4)24-18-31)29-19-25-37(26-20-29)44(42,35-11-7-5-8-12-35)36-13-9-6-10-14-36;1-3-7-11(8-4-1)13-12-9-5-2-6-10-12;/h5-15,17,19-28H,1-4H3;1-10,13H;/q-2;;. The number of nitrogens with zero attached hydrogens (tertiary/aromatic N) is 1. The molecule has 3 nitrogen and oxygen atoms in total. The Bertz CT molecular complexity index is 2460. The first-order valence-electron chi connectivity index (χ1n) is 19.0. The normalized spacial score (nSPS) is 11.1. The van der Waals surface area contributed by atoms with Gasteiger partial charge in [0.25, 0.3) is 0 Å². The maximum absolute atomic E-state index is 14.9. The zero-order valence-corrected chi connectivity index (χ0v) is 37.0. The molecule has 1 radical (unpaired) electrons. The van der Waals surface area contributed by atoms with Crippen LogP contribution in [0.1, 0.15) is 26.3 Å². The molecular weight excluding hydrogens is 929 g/mol. The van der Waals surface area contributed by atoms with Gasteiger partial charge in [0.1, 0.15) is 0 Å². The van der Waals surface area contributed by atoms with Gasteiger partial charge in [-0.25, -0.2) is 0 Å². The monoisotopic (exact) mass is 974 g/mol. The molecule has 0 N–H and O–H groups in total. The topological polar surface area (TPSA) is 39.2 Å². The summed E-state index contributed by atoms with van der Waals surface area (Å²) < 4.78 is 20.2. The van der Waals surface area contributed by atoms with E-state index < -0.39 is 7.14 Å². The third-order valence-electron chi connectivity index (χ3n) is 9.72. The van der Waals surface area contributed by atoms with Crippen molar-refractivity contribution in [2.75, 3.05) is 7.11 Å². The number of methoxy groups -OCH3 is 1. The summed E-state index contributed by atoms with van der Waals surface area (Å²) in [4.78, 5) is 5.04. The smallest absolute Gasteiger partial charge is 0.171 e. The molecule has 0 unspecified atom stereocenters. The van der Waals surface area contributed by atoms with E-state index in [0.717, 1.165) is 63.9 Å². The number of pyridine rings is 1. The fourth-order valence-electron chi connectivity index (χ4n) is 6.52. The molecule has 8 rings (SSSR count). The third-order valence-corrected chi connectivity index (χ3v) is 14.0. The van der Waals surface area contributed by atoms with Gasteiger partial charge in [-0.3, -0.25) is 0 Å². The van der Waals surface area contributed by atoms with Crippen LogP contribution < -0.4 is 31.3 Å². The van der Waals surface area contributed by atoms with Crippen molar-refractivity contribution in [2.45, 2.75) is 26.2 Å². The van der Waals surface area contributed by atoms with Gasteiger partial charge in [-0.05, 0) is 38.5 Å². The van der Waals surface area contributed by atoms with Crippen LogP contribution in [0.5, 0.6) is 5.75 Å². The summed E-state index contributed by atoms with van der Waals surface area (Å²) in [6.07, 6.45) is 0. The number of benzene rings is 7. The van der Waals surface area contributed by atoms with Crippen LogP contribution in [0.25, 0.3) is 33.6 Å². The van der Waals surface area contributed by atoms with E-state index in [1.54, 1.807) is 7.11 Å². The number of hydrogen-bond acceptors (Lipinski definition) is 3. The van der Waals surface area contributed by atoms with Gasteiger partial charge in [0, 0.05) is 44.0 Å². The molecule has 8 aromatic rings. The molecule has 0 atom stereocenters. The summed E-state index contributed by atoms with van der Waals surface area (Å²) in [6.45, 7) is 6.60. The number of rotatable bonds is 9. The van der Waals surface area contributed by atoms with Gasteiger partial charge >= 0.3 is 0 Å². The maximum Gasteiger partial charge on any atom is 0.171 e. The van der Waals surface area contributed by atoms with E-state index in [0.29, 0.717) is 0 Å². The predicted molar refractivity (Wildman–Crippen MR) is 243 cm³/mol. The molecule has 0 aliphatic rings. The van der Waals surface area contributed by atoms with Crippen molar-refractivity contribution in [1.82, 2.24) is 4.98 Å². The fourth-order valence-corrected chi connectivity index (χ4v) is 10.2. The Kier molecular flexibility index (Phi) is 14.3. The SMILES string of the molecule is COc1c[c-]c(-c2cc(-c3ccc(P(=O)(c4ccccc4)c4ccccc4)cc3)cc(-c3[c-]cc(C(C)(C)C)cc3)n2)cc1.[Au].c1ccc(Pc2ccccc2)cc1. The van der Waals surface area contributed by atoms with Crippen LogP contribution >= 0.6 is 15.7 Å². The van der Waals surface area contributed by atoms with Crippen molar-refractivity contribution in [2.24, 2.45) is 0 Å². The second-order valence-corrected chi connectivity index (χ2v) is 18.9. The molecule has 1 aromatic heterocycles. The number of ether oxygens (including phenoxy) is 1. The quantitative estimate of drug-likeness (QED) is 0.0822. The van der Waals surface area contributed by atoms with Crippen molar-refractivity contribution in [1.29, 1.82) is 0 Å². The minimum Gasteiger partial charge on any atom is -0.540 e. The molecular formula is C52H45AuNO2P2-2. The van der Waals surface area contributed by atoms with Crippen molar-refractivity contribution >= 4 is 42.2 Å². The average Bonchev–Trinajstić information content (AvgIpc) is 3.27. The van der Waals surface area contributed by atoms with Crippen LogP contribution in [-0.4, -0.2) is 12.1 Å². The Morgan fingerprint density at radius 2 is 0.983 bits per heavy atom. The van der Waals surface area contributed by atoms with Gasteiger partial charge < -0.3 is 14.3 Å². The second kappa shape index (κ2) is 19.6. The van der Waals surface area contributed by atoms with Crippen LogP contribution in [0, 0.1) is 12.1 Å². The Labute approximate surface area is 361 Å². The van der Waals surface area contributed by atoms with E-state index in [9.17, 15) is 4.57 Å². The minimum atomic E-state index is -3.06. The van der Waals surface area contributed by atoms with Crippen molar-refractivity contribution in [3.8, 4) is 39.4 Å². The molecule has 0 amide bonds. The van der Waals surface area contributed by atoms with Crippen LogP contribution in [-0.2, 0) is 32.4 Å². The summed E-state index contributed by atoms with van der Waals surface area (Å²) in [5.41, 5.74) is 6.68. The van der Waals surface area contributed by atoms with Crippen LogP contribution in [0.4, 0.5) is 0 Å². The Morgan fingerprint density at radius 3 is 1.40 bits per heavy atom. The molecule has 7 aromatic carbocycles. The summed E-state index contributed by atoms with van der Waals surface area (Å²) in [5.74, 6) is 0.744. The van der Waals surface area contributed by atoms with Crippen LogP contribution in [0.15, 0.2) is 194 Å². The molecule has 0 spiro atoms. The van der Waals surface area contributed by atoms with Gasteiger partial charge in [0.2, 0.25) is 0 Å². The molecule has 0 aliphatic carbocycles. The molecule has 0 aliphatic heterocycles. The van der Waals surface area contributed by atoms with E-state index in [4.69, 9.17) is 9.72 Å². The summed E-state index contributed by atoms with van der Waals surface area (Å²) in [6, 6.07) is 71.8. The molecule has 0 saturated carbocycles. The van der Waals surface area contributed by atoms with Gasteiger partial charge in [-0.2, -0.15) is 0 Å². The third kappa shape index (κ3) is 10.3. The van der Waals surface area contributed by atoms with Crippen molar-refractivity contribution < 1.29 is 31.7 Å². The van der Waals surface area contributed by atoms with Crippen LogP contribution in [0.3, 0.4) is 0 Å². The molecule has 0 saturated heterocycles. The zero-order valence-electron chi connectivity index (χ0n) is 33.0. The Hall–Kier alpha value is -5.11. The van der Waals surface area contributed by atoms with Crippen molar-refractivity contribution in [3.63, 3.8) is 0 Å². The van der Waals surface area contributed by atoms with E-state index in [1.807, 2.05) is 91.0 Å². The Balaban J connectivity index is 0.000000343. The molecule has 6 heteroatoms. The molecule has 58 heavy (non-hydrogen) atoms.